The molecule has 0 N–H and O–H groups in total. The van der Waals surface area contributed by atoms with E-state index in [1.807, 2.05) is 13.8 Å². The van der Waals surface area contributed by atoms with Gasteiger partial charge in [-0.25, -0.2) is 4.39 Å². The van der Waals surface area contributed by atoms with Gasteiger partial charge in [0.2, 0.25) is 0 Å². The van der Waals surface area contributed by atoms with Crippen molar-refractivity contribution in [1.82, 2.24) is 4.90 Å². The number of furan rings is 1. The first-order chi connectivity index (χ1) is 12.1. The number of benzene rings is 1. The van der Waals surface area contributed by atoms with E-state index in [1.54, 1.807) is 26.1 Å². The molecule has 2 aromatic rings. The number of amides is 1. The van der Waals surface area contributed by atoms with Crippen LogP contribution >= 0.6 is 15.9 Å². The number of carbonyl (C=O) groups is 2. The highest BCUT2D eigenvalue weighted by Crippen LogP contribution is 2.38. The fraction of sp³-hybridized carbons (Fsp3) is 0.400. The Balaban J connectivity index is 1.89. The van der Waals surface area contributed by atoms with Crippen LogP contribution in [0.25, 0.3) is 0 Å². The minimum atomic E-state index is -0.375. The second-order valence-electron chi connectivity index (χ2n) is 7.69. The molecule has 1 aliphatic carbocycles. The van der Waals surface area contributed by atoms with Gasteiger partial charge in [-0.2, -0.15) is 0 Å². The Hall–Kier alpha value is -1.95. The van der Waals surface area contributed by atoms with E-state index in [0.29, 0.717) is 35.3 Å². The standard InChI is InChI=1S/C20H21BrFNO3/c1-11-17-15(24)8-20(2,3)9-16(17)26-18(11)19(25)23(4)10-12-7-13(21)5-6-14(12)22/h5-7H,8-10H2,1-4H3. The smallest absolute Gasteiger partial charge is 0.289 e. The Morgan fingerprint density at radius 3 is 2.73 bits per heavy atom. The number of halogens is 2. The SMILES string of the molecule is Cc1c(C(=O)N(C)Cc2cc(Br)ccc2F)oc2c1C(=O)CC(C)(C)C2. The topological polar surface area (TPSA) is 50.5 Å². The van der Waals surface area contributed by atoms with Crippen molar-refractivity contribution in [3.8, 4) is 0 Å². The minimum absolute atomic E-state index is 0.0113. The van der Waals surface area contributed by atoms with Crippen LogP contribution in [0.5, 0.6) is 0 Å². The maximum atomic E-state index is 14.0. The lowest BCUT2D eigenvalue weighted by Gasteiger charge is -2.27. The molecule has 4 nitrogen and oxygen atoms in total. The molecule has 0 fully saturated rings. The van der Waals surface area contributed by atoms with Crippen molar-refractivity contribution < 1.29 is 18.4 Å². The van der Waals surface area contributed by atoms with Crippen LogP contribution in [-0.4, -0.2) is 23.6 Å². The van der Waals surface area contributed by atoms with Crippen LogP contribution in [0.2, 0.25) is 0 Å². The summed E-state index contributed by atoms with van der Waals surface area (Å²) in [4.78, 5) is 26.7. The summed E-state index contributed by atoms with van der Waals surface area (Å²) in [6.45, 7) is 5.86. The van der Waals surface area contributed by atoms with Crippen molar-refractivity contribution in [3.63, 3.8) is 0 Å². The number of ketones is 1. The zero-order valence-electron chi connectivity index (χ0n) is 15.3. The molecular weight excluding hydrogens is 401 g/mol. The molecule has 0 atom stereocenters. The molecule has 3 rings (SSSR count). The third-order valence-corrected chi connectivity index (χ3v) is 5.23. The normalized spacial score (nSPS) is 15.7. The maximum absolute atomic E-state index is 14.0. The van der Waals surface area contributed by atoms with E-state index < -0.39 is 0 Å². The summed E-state index contributed by atoms with van der Waals surface area (Å²) in [5.41, 5.74) is 1.34. The van der Waals surface area contributed by atoms with Gasteiger partial charge in [0.05, 0.1) is 5.56 Å². The van der Waals surface area contributed by atoms with Crippen molar-refractivity contribution in [3.05, 3.63) is 56.7 Å². The lowest BCUT2D eigenvalue weighted by molar-refractivity contribution is 0.0745. The van der Waals surface area contributed by atoms with Gasteiger partial charge in [0.25, 0.3) is 5.91 Å². The van der Waals surface area contributed by atoms with Gasteiger partial charge < -0.3 is 9.32 Å². The van der Waals surface area contributed by atoms with Gasteiger partial charge in [-0.15, -0.1) is 0 Å². The average Bonchev–Trinajstić information content (AvgIpc) is 2.85. The number of Topliss-reactive ketones (excluding diaryl/α,β-unsaturated/α-hetero) is 1. The van der Waals surface area contributed by atoms with Crippen LogP contribution in [0, 0.1) is 18.2 Å². The van der Waals surface area contributed by atoms with Crippen LogP contribution in [0.15, 0.2) is 27.1 Å². The highest BCUT2D eigenvalue weighted by molar-refractivity contribution is 9.10. The molecule has 0 saturated carbocycles. The van der Waals surface area contributed by atoms with Gasteiger partial charge in [-0.05, 0) is 30.5 Å². The highest BCUT2D eigenvalue weighted by Gasteiger charge is 2.37. The lowest BCUT2D eigenvalue weighted by Crippen LogP contribution is -2.27. The van der Waals surface area contributed by atoms with E-state index in [1.165, 1.54) is 11.0 Å². The largest absolute Gasteiger partial charge is 0.455 e. The number of fused-ring (bicyclic) bond motifs is 1. The average molecular weight is 422 g/mol. The fourth-order valence-corrected chi connectivity index (χ4v) is 3.86. The minimum Gasteiger partial charge on any atom is -0.455 e. The molecule has 0 aliphatic heterocycles. The number of nitrogens with zero attached hydrogens (tertiary/aromatic N) is 1. The molecule has 0 radical (unpaired) electrons. The van der Waals surface area contributed by atoms with E-state index >= 15 is 0 Å². The summed E-state index contributed by atoms with van der Waals surface area (Å²) in [7, 11) is 1.59. The monoisotopic (exact) mass is 421 g/mol. The highest BCUT2D eigenvalue weighted by atomic mass is 79.9. The summed E-state index contributed by atoms with van der Waals surface area (Å²) in [6, 6.07) is 4.61. The van der Waals surface area contributed by atoms with Gasteiger partial charge >= 0.3 is 0 Å². The number of carbonyl (C=O) groups excluding carboxylic acids is 2. The van der Waals surface area contributed by atoms with E-state index in [2.05, 4.69) is 15.9 Å². The summed E-state index contributed by atoms with van der Waals surface area (Å²) in [5.74, 6) is 0.0208. The van der Waals surface area contributed by atoms with Crippen LogP contribution < -0.4 is 0 Å². The molecular formula is C20H21BrFNO3. The van der Waals surface area contributed by atoms with Gasteiger partial charge in [0.1, 0.15) is 11.6 Å². The van der Waals surface area contributed by atoms with Crippen LogP contribution in [0.4, 0.5) is 4.39 Å². The number of rotatable bonds is 3. The molecule has 1 heterocycles. The zero-order chi connectivity index (χ0) is 19.2. The molecule has 1 amide bonds. The van der Waals surface area contributed by atoms with E-state index in [-0.39, 0.29) is 35.2 Å². The van der Waals surface area contributed by atoms with Crippen molar-refractivity contribution >= 4 is 27.6 Å². The zero-order valence-corrected chi connectivity index (χ0v) is 16.9. The van der Waals surface area contributed by atoms with Crippen LogP contribution in [0.3, 0.4) is 0 Å². The third-order valence-electron chi connectivity index (χ3n) is 4.73. The predicted octanol–water partition coefficient (Wildman–Crippen LogP) is 4.92. The first-order valence-corrected chi connectivity index (χ1v) is 9.23. The summed E-state index contributed by atoms with van der Waals surface area (Å²) in [6.07, 6.45) is 1.05. The molecule has 1 aromatic heterocycles. The van der Waals surface area contributed by atoms with Gasteiger partial charge in [0, 0.05) is 42.0 Å². The quantitative estimate of drug-likeness (QED) is 0.706. The molecule has 0 bridgehead atoms. The van der Waals surface area contributed by atoms with E-state index in [0.717, 1.165) is 4.47 Å². The first kappa shape index (κ1) is 18.8. The molecule has 1 aliphatic rings. The Morgan fingerprint density at radius 2 is 2.04 bits per heavy atom. The van der Waals surface area contributed by atoms with Crippen molar-refractivity contribution in [2.75, 3.05) is 7.05 Å². The molecule has 1 aromatic carbocycles. The lowest BCUT2D eigenvalue weighted by atomic mass is 9.76. The first-order valence-electron chi connectivity index (χ1n) is 8.44. The van der Waals surface area contributed by atoms with E-state index in [4.69, 9.17) is 4.42 Å². The fourth-order valence-electron chi connectivity index (χ4n) is 3.45. The molecule has 138 valence electrons. The molecule has 6 heteroatoms. The second kappa shape index (κ2) is 6.65. The summed E-state index contributed by atoms with van der Waals surface area (Å²) >= 11 is 3.31. The summed E-state index contributed by atoms with van der Waals surface area (Å²) in [5, 5.41) is 0. The Kier molecular flexibility index (Phi) is 4.82. The second-order valence-corrected chi connectivity index (χ2v) is 8.61. The Morgan fingerprint density at radius 1 is 1.35 bits per heavy atom. The third kappa shape index (κ3) is 3.47. The molecule has 0 unspecified atom stereocenters. The Labute approximate surface area is 160 Å². The van der Waals surface area contributed by atoms with Gasteiger partial charge in [0.15, 0.2) is 11.5 Å². The van der Waals surface area contributed by atoms with E-state index in [9.17, 15) is 14.0 Å². The van der Waals surface area contributed by atoms with Crippen molar-refractivity contribution in [2.45, 2.75) is 40.2 Å². The molecule has 0 spiro atoms. The van der Waals surface area contributed by atoms with Gasteiger partial charge in [-0.3, -0.25) is 9.59 Å². The Bertz CT molecular complexity index is 901. The van der Waals surface area contributed by atoms with Crippen LogP contribution in [-0.2, 0) is 13.0 Å². The maximum Gasteiger partial charge on any atom is 0.289 e. The molecule has 0 saturated heterocycles. The van der Waals surface area contributed by atoms with Crippen molar-refractivity contribution in [1.29, 1.82) is 0 Å². The number of hydrogen-bond donors (Lipinski definition) is 0. The van der Waals surface area contributed by atoms with Crippen molar-refractivity contribution in [2.24, 2.45) is 5.41 Å². The molecule has 26 heavy (non-hydrogen) atoms. The summed E-state index contributed by atoms with van der Waals surface area (Å²) < 4.78 is 20.5. The van der Waals surface area contributed by atoms with Crippen LogP contribution in [0.1, 0.15) is 58.1 Å². The van der Waals surface area contributed by atoms with Gasteiger partial charge in [-0.1, -0.05) is 29.8 Å². The number of hydrogen-bond acceptors (Lipinski definition) is 3. The predicted molar refractivity (Wildman–Crippen MR) is 99.8 cm³/mol.